The van der Waals surface area contributed by atoms with Crippen molar-refractivity contribution in [3.8, 4) is 0 Å². The summed E-state index contributed by atoms with van der Waals surface area (Å²) in [5, 5.41) is 0. The number of hydrogen-bond acceptors (Lipinski definition) is 6. The summed E-state index contributed by atoms with van der Waals surface area (Å²) in [7, 11) is 0. The number of pyridine rings is 1. The van der Waals surface area contributed by atoms with Crippen LogP contribution >= 0.6 is 15.9 Å². The smallest absolute Gasteiger partial charge is 0.338 e. The summed E-state index contributed by atoms with van der Waals surface area (Å²) >= 11 is 3.47. The number of carbonyl (C=O) groups is 1. The van der Waals surface area contributed by atoms with Gasteiger partial charge in [0.1, 0.15) is 16.0 Å². The maximum atomic E-state index is 12.7. The third kappa shape index (κ3) is 5.66. The lowest BCUT2D eigenvalue weighted by Crippen LogP contribution is -2.33. The molecule has 0 bridgehead atoms. The van der Waals surface area contributed by atoms with Gasteiger partial charge in [-0.3, -0.25) is 4.90 Å². The Kier molecular flexibility index (Phi) is 6.79. The Hall–Kier alpha value is -2.55. The zero-order valence-corrected chi connectivity index (χ0v) is 22.0. The molecule has 35 heavy (non-hydrogen) atoms. The van der Waals surface area contributed by atoms with Gasteiger partial charge in [-0.05, 0) is 85.4 Å². The summed E-state index contributed by atoms with van der Waals surface area (Å²) in [5.41, 5.74) is 4.15. The fourth-order valence-electron chi connectivity index (χ4n) is 4.47. The van der Waals surface area contributed by atoms with E-state index in [4.69, 9.17) is 14.5 Å². The number of halogens is 1. The van der Waals surface area contributed by atoms with Gasteiger partial charge in [0, 0.05) is 19.7 Å². The first kappa shape index (κ1) is 24.2. The monoisotopic (exact) mass is 538 g/mol. The van der Waals surface area contributed by atoms with E-state index >= 15 is 0 Å². The van der Waals surface area contributed by atoms with Crippen LogP contribution in [0.1, 0.15) is 55.5 Å². The number of ether oxygens (including phenoxy) is 2. The SMILES string of the molecule is CC(C)(C)OC(=O)c1ccc2nc(CN3CC=C(c4cccc(Br)n4)CC3)n(CC3CCO3)c2c1. The summed E-state index contributed by atoms with van der Waals surface area (Å²) in [4.78, 5) is 24.7. The van der Waals surface area contributed by atoms with Crippen LogP contribution in [0.25, 0.3) is 16.6 Å². The summed E-state index contributed by atoms with van der Waals surface area (Å²) < 4.78 is 14.4. The van der Waals surface area contributed by atoms with E-state index in [0.29, 0.717) is 5.56 Å². The second-order valence-electron chi connectivity index (χ2n) is 10.2. The molecule has 2 aliphatic rings. The number of rotatable bonds is 6. The van der Waals surface area contributed by atoms with Gasteiger partial charge in [0.2, 0.25) is 0 Å². The van der Waals surface area contributed by atoms with Crippen molar-refractivity contribution in [2.24, 2.45) is 0 Å². The van der Waals surface area contributed by atoms with Crippen LogP contribution in [0, 0.1) is 0 Å². The Bertz CT molecular complexity index is 1270. The minimum absolute atomic E-state index is 0.187. The molecule has 0 spiro atoms. The predicted molar refractivity (Wildman–Crippen MR) is 139 cm³/mol. The first-order valence-corrected chi connectivity index (χ1v) is 12.9. The highest BCUT2D eigenvalue weighted by atomic mass is 79.9. The minimum Gasteiger partial charge on any atom is -0.456 e. The molecule has 5 rings (SSSR count). The van der Waals surface area contributed by atoms with Crippen molar-refractivity contribution in [3.05, 3.63) is 64.2 Å². The standard InChI is InChI=1S/C27H31BrN4O3/c1-27(2,3)35-26(33)19-7-8-22-23(15-19)32(16-20-11-14-34-20)25(30-22)17-31-12-9-18(10-13-31)21-5-4-6-24(28)29-21/h4-9,15,20H,10-14,16-17H2,1-3H3. The molecule has 8 heteroatoms. The highest BCUT2D eigenvalue weighted by molar-refractivity contribution is 9.10. The van der Waals surface area contributed by atoms with E-state index in [-0.39, 0.29) is 12.1 Å². The van der Waals surface area contributed by atoms with Crippen LogP contribution in [-0.4, -0.2) is 56.8 Å². The van der Waals surface area contributed by atoms with Crippen molar-refractivity contribution in [2.45, 2.75) is 58.4 Å². The first-order chi connectivity index (χ1) is 16.7. The number of esters is 1. The number of hydrogen-bond donors (Lipinski definition) is 0. The van der Waals surface area contributed by atoms with Crippen molar-refractivity contribution in [1.29, 1.82) is 0 Å². The molecule has 184 valence electrons. The molecule has 1 unspecified atom stereocenters. The van der Waals surface area contributed by atoms with Gasteiger partial charge >= 0.3 is 5.97 Å². The van der Waals surface area contributed by atoms with Crippen LogP contribution in [0.15, 0.2) is 47.1 Å². The number of carbonyl (C=O) groups excluding carboxylic acids is 1. The van der Waals surface area contributed by atoms with E-state index in [2.05, 4.69) is 42.5 Å². The van der Waals surface area contributed by atoms with E-state index in [9.17, 15) is 4.79 Å². The molecule has 1 fully saturated rings. The molecule has 0 amide bonds. The Morgan fingerprint density at radius 2 is 2.06 bits per heavy atom. The topological polar surface area (TPSA) is 69.5 Å². The zero-order valence-electron chi connectivity index (χ0n) is 20.5. The highest BCUT2D eigenvalue weighted by Crippen LogP contribution is 2.26. The molecule has 1 aromatic carbocycles. The average molecular weight is 539 g/mol. The average Bonchev–Trinajstić information content (AvgIpc) is 3.11. The number of benzene rings is 1. The number of aromatic nitrogens is 3. The summed E-state index contributed by atoms with van der Waals surface area (Å²) in [6.07, 6.45) is 4.44. The number of nitrogens with zero attached hydrogens (tertiary/aromatic N) is 4. The molecule has 2 aromatic heterocycles. The number of fused-ring (bicyclic) bond motifs is 1. The van der Waals surface area contributed by atoms with Crippen LogP contribution in [0.5, 0.6) is 0 Å². The molecular weight excluding hydrogens is 508 g/mol. The Balaban J connectivity index is 1.39. The van der Waals surface area contributed by atoms with E-state index in [1.165, 1.54) is 5.57 Å². The highest BCUT2D eigenvalue weighted by Gasteiger charge is 2.25. The van der Waals surface area contributed by atoms with Crippen LogP contribution in [0.3, 0.4) is 0 Å². The predicted octanol–water partition coefficient (Wildman–Crippen LogP) is 5.23. The fraction of sp³-hybridized carbons (Fsp3) is 0.444. The van der Waals surface area contributed by atoms with Crippen LogP contribution < -0.4 is 0 Å². The Morgan fingerprint density at radius 1 is 1.23 bits per heavy atom. The van der Waals surface area contributed by atoms with Gasteiger partial charge in [0.15, 0.2) is 0 Å². The van der Waals surface area contributed by atoms with E-state index in [1.54, 1.807) is 6.07 Å². The molecule has 0 aliphatic carbocycles. The molecule has 0 saturated carbocycles. The Morgan fingerprint density at radius 3 is 2.71 bits per heavy atom. The van der Waals surface area contributed by atoms with Gasteiger partial charge in [-0.25, -0.2) is 14.8 Å². The van der Waals surface area contributed by atoms with Gasteiger partial charge in [0.25, 0.3) is 0 Å². The van der Waals surface area contributed by atoms with Gasteiger partial charge in [0.05, 0.1) is 41.5 Å². The second kappa shape index (κ2) is 9.84. The van der Waals surface area contributed by atoms with Gasteiger partial charge in [-0.1, -0.05) is 12.1 Å². The summed E-state index contributed by atoms with van der Waals surface area (Å²) in [6, 6.07) is 11.7. The lowest BCUT2D eigenvalue weighted by Gasteiger charge is -2.29. The van der Waals surface area contributed by atoms with Crippen LogP contribution in [0.2, 0.25) is 0 Å². The molecule has 1 saturated heterocycles. The summed E-state index contributed by atoms with van der Waals surface area (Å²) in [6.45, 7) is 9.70. The fourth-order valence-corrected chi connectivity index (χ4v) is 4.81. The molecule has 7 nitrogen and oxygen atoms in total. The molecule has 1 atom stereocenters. The zero-order chi connectivity index (χ0) is 24.6. The normalized spacial score (nSPS) is 18.9. The molecule has 0 radical (unpaired) electrons. The van der Waals surface area contributed by atoms with E-state index in [1.807, 2.05) is 45.0 Å². The quantitative estimate of drug-likeness (QED) is 0.316. The van der Waals surface area contributed by atoms with Crippen molar-refractivity contribution in [1.82, 2.24) is 19.4 Å². The van der Waals surface area contributed by atoms with Crippen LogP contribution in [0.4, 0.5) is 0 Å². The molecule has 3 aromatic rings. The van der Waals surface area contributed by atoms with E-state index < -0.39 is 5.60 Å². The van der Waals surface area contributed by atoms with E-state index in [0.717, 1.165) is 72.8 Å². The third-order valence-electron chi connectivity index (χ3n) is 6.34. The van der Waals surface area contributed by atoms with Gasteiger partial charge in [-0.2, -0.15) is 0 Å². The molecule has 2 aliphatic heterocycles. The minimum atomic E-state index is -0.538. The second-order valence-corrected chi connectivity index (χ2v) is 11.0. The Labute approximate surface area is 214 Å². The molecule has 4 heterocycles. The van der Waals surface area contributed by atoms with Crippen molar-refractivity contribution in [2.75, 3.05) is 19.7 Å². The first-order valence-electron chi connectivity index (χ1n) is 12.1. The van der Waals surface area contributed by atoms with Crippen molar-refractivity contribution >= 4 is 38.5 Å². The maximum absolute atomic E-state index is 12.7. The van der Waals surface area contributed by atoms with Gasteiger partial charge < -0.3 is 14.0 Å². The lowest BCUT2D eigenvalue weighted by atomic mass is 10.0. The largest absolute Gasteiger partial charge is 0.456 e. The number of imidazole rings is 1. The maximum Gasteiger partial charge on any atom is 0.338 e. The summed E-state index contributed by atoms with van der Waals surface area (Å²) in [5.74, 6) is 0.678. The lowest BCUT2D eigenvalue weighted by molar-refractivity contribution is -0.0591. The molecular formula is C27H31BrN4O3. The van der Waals surface area contributed by atoms with Crippen LogP contribution in [-0.2, 0) is 22.6 Å². The van der Waals surface area contributed by atoms with Crippen molar-refractivity contribution in [3.63, 3.8) is 0 Å². The third-order valence-corrected chi connectivity index (χ3v) is 6.79. The van der Waals surface area contributed by atoms with Crippen molar-refractivity contribution < 1.29 is 14.3 Å². The molecule has 0 N–H and O–H groups in total. The van der Waals surface area contributed by atoms with Gasteiger partial charge in [-0.15, -0.1) is 0 Å².